The Morgan fingerprint density at radius 2 is 1.37 bits per heavy atom. The number of carbonyl (C=O) groups excluding carboxylic acids is 2. The Balaban J connectivity index is 4.43. The van der Waals surface area contributed by atoms with Crippen LogP contribution in [0.4, 0.5) is 0 Å². The quantitative estimate of drug-likeness (QED) is 0.178. The van der Waals surface area contributed by atoms with Crippen LogP contribution in [0.25, 0.3) is 0 Å². The van der Waals surface area contributed by atoms with E-state index in [1.807, 2.05) is 0 Å². The summed E-state index contributed by atoms with van der Waals surface area (Å²) in [4.78, 5) is 24.0. The Morgan fingerprint density at radius 1 is 0.889 bits per heavy atom. The Labute approximate surface area is 175 Å². The highest BCUT2D eigenvalue weighted by Crippen LogP contribution is 2.19. The molecular formula is C21H36Cl2O4. The zero-order valence-electron chi connectivity index (χ0n) is 17.3. The summed E-state index contributed by atoms with van der Waals surface area (Å²) >= 11 is 12.0. The van der Waals surface area contributed by atoms with Gasteiger partial charge in [-0.05, 0) is 24.7 Å². The Hall–Kier alpha value is -0.740. The van der Waals surface area contributed by atoms with Gasteiger partial charge in [-0.15, -0.1) is 11.6 Å². The fraction of sp³-hybridized carbons (Fsp3) is 0.810. The summed E-state index contributed by atoms with van der Waals surface area (Å²) in [6.07, 6.45) is 9.43. The maximum Gasteiger partial charge on any atom is 0.331 e. The monoisotopic (exact) mass is 422 g/mol. The highest BCUT2D eigenvalue weighted by atomic mass is 35.5. The van der Waals surface area contributed by atoms with E-state index in [0.29, 0.717) is 25.0 Å². The molecule has 0 spiro atoms. The van der Waals surface area contributed by atoms with E-state index >= 15 is 0 Å². The van der Waals surface area contributed by atoms with E-state index in [-0.39, 0.29) is 5.03 Å². The molecule has 158 valence electrons. The van der Waals surface area contributed by atoms with Crippen molar-refractivity contribution in [2.75, 3.05) is 13.2 Å². The molecule has 0 radical (unpaired) electrons. The lowest BCUT2D eigenvalue weighted by molar-refractivity contribution is -0.143. The van der Waals surface area contributed by atoms with Gasteiger partial charge in [0.25, 0.3) is 0 Å². The van der Waals surface area contributed by atoms with Crippen molar-refractivity contribution in [3.8, 4) is 0 Å². The van der Waals surface area contributed by atoms with Gasteiger partial charge in [0.1, 0.15) is 0 Å². The first-order chi connectivity index (χ1) is 12.9. The predicted octanol–water partition coefficient (Wildman–Crippen LogP) is 6.24. The van der Waals surface area contributed by atoms with Gasteiger partial charge in [0.05, 0.1) is 18.2 Å². The van der Waals surface area contributed by atoms with Crippen LogP contribution in [-0.2, 0) is 19.1 Å². The molecule has 0 aromatic rings. The third kappa shape index (κ3) is 12.4. The van der Waals surface area contributed by atoms with Crippen LogP contribution in [0.1, 0.15) is 79.1 Å². The number of unbranched alkanes of at least 4 members (excludes halogenated alkanes) is 2. The van der Waals surface area contributed by atoms with E-state index in [1.54, 1.807) is 0 Å². The van der Waals surface area contributed by atoms with Crippen molar-refractivity contribution in [3.63, 3.8) is 0 Å². The van der Waals surface area contributed by atoms with Crippen molar-refractivity contribution < 1.29 is 19.1 Å². The fourth-order valence-electron chi connectivity index (χ4n) is 2.61. The van der Waals surface area contributed by atoms with Gasteiger partial charge < -0.3 is 9.47 Å². The summed E-state index contributed by atoms with van der Waals surface area (Å²) in [7, 11) is 0. The number of esters is 2. The number of alkyl halides is 1. The van der Waals surface area contributed by atoms with Crippen LogP contribution in [-0.4, -0.2) is 30.5 Å². The van der Waals surface area contributed by atoms with Crippen LogP contribution in [0.5, 0.6) is 0 Å². The van der Waals surface area contributed by atoms with Crippen molar-refractivity contribution >= 4 is 35.1 Å². The summed E-state index contributed by atoms with van der Waals surface area (Å²) in [6, 6.07) is 0. The van der Waals surface area contributed by atoms with E-state index < -0.39 is 17.3 Å². The minimum absolute atomic E-state index is 0.0742. The molecule has 3 unspecified atom stereocenters. The van der Waals surface area contributed by atoms with Crippen LogP contribution in [0.2, 0.25) is 0 Å². The van der Waals surface area contributed by atoms with E-state index in [4.69, 9.17) is 32.7 Å². The Kier molecular flexibility index (Phi) is 15.8. The fourth-order valence-corrected chi connectivity index (χ4v) is 2.91. The molecule has 27 heavy (non-hydrogen) atoms. The van der Waals surface area contributed by atoms with E-state index in [0.717, 1.165) is 57.4 Å². The maximum atomic E-state index is 12.1. The van der Waals surface area contributed by atoms with Crippen LogP contribution in [0, 0.1) is 11.8 Å². The summed E-state index contributed by atoms with van der Waals surface area (Å²) in [5.74, 6) is -0.552. The maximum absolute atomic E-state index is 12.1. The van der Waals surface area contributed by atoms with Gasteiger partial charge in [0.15, 0.2) is 5.38 Å². The van der Waals surface area contributed by atoms with Crippen LogP contribution < -0.4 is 0 Å². The molecule has 0 bridgehead atoms. The molecule has 0 fully saturated rings. The number of ether oxygens (including phenoxy) is 2. The molecule has 0 rings (SSSR count). The molecule has 0 aliphatic heterocycles. The Morgan fingerprint density at radius 3 is 1.81 bits per heavy atom. The number of rotatable bonds is 15. The normalized spacial score (nSPS) is 15.1. The summed E-state index contributed by atoms with van der Waals surface area (Å²) < 4.78 is 10.5. The summed E-state index contributed by atoms with van der Waals surface area (Å²) in [5.41, 5.74) is 0. The van der Waals surface area contributed by atoms with Crippen molar-refractivity contribution in [1.29, 1.82) is 0 Å². The molecular weight excluding hydrogens is 387 g/mol. The van der Waals surface area contributed by atoms with Crippen LogP contribution in [0.15, 0.2) is 11.1 Å². The second kappa shape index (κ2) is 16.2. The van der Waals surface area contributed by atoms with Gasteiger partial charge in [-0.25, -0.2) is 4.79 Å². The van der Waals surface area contributed by atoms with Gasteiger partial charge >= 0.3 is 11.9 Å². The van der Waals surface area contributed by atoms with Crippen molar-refractivity contribution in [3.05, 3.63) is 11.1 Å². The predicted molar refractivity (Wildman–Crippen MR) is 112 cm³/mol. The summed E-state index contributed by atoms with van der Waals surface area (Å²) in [5, 5.41) is -1.26. The minimum atomic E-state index is -1.19. The van der Waals surface area contributed by atoms with Gasteiger partial charge in [-0.3, -0.25) is 4.79 Å². The van der Waals surface area contributed by atoms with Gasteiger partial charge in [-0.2, -0.15) is 0 Å². The first-order valence-electron chi connectivity index (χ1n) is 10.2. The zero-order valence-corrected chi connectivity index (χ0v) is 18.8. The lowest BCUT2D eigenvalue weighted by atomic mass is 10.0. The third-order valence-electron chi connectivity index (χ3n) is 4.71. The molecule has 0 aromatic carbocycles. The number of carbonyl (C=O) groups is 2. The SMILES string of the molecule is CCCCC(CC)COC(=O)/C=C(\Cl)C(Cl)C(=O)OCC(CC)CCCC. The minimum Gasteiger partial charge on any atom is -0.464 e. The average Bonchev–Trinajstić information content (AvgIpc) is 2.67. The standard InChI is InChI=1S/C21H36Cl2O4/c1-5-9-11-16(7-3)14-26-19(24)13-18(22)20(23)21(25)27-15-17(8-4)12-10-6-2/h13,16-17,20H,5-12,14-15H2,1-4H3/b18-13-. The average molecular weight is 423 g/mol. The second-order valence-corrected chi connectivity index (χ2v) is 7.86. The molecule has 0 aliphatic carbocycles. The van der Waals surface area contributed by atoms with Gasteiger partial charge in [0, 0.05) is 6.08 Å². The first-order valence-corrected chi connectivity index (χ1v) is 11.0. The molecule has 0 heterocycles. The van der Waals surface area contributed by atoms with E-state index in [1.165, 1.54) is 0 Å². The molecule has 4 nitrogen and oxygen atoms in total. The molecule has 6 heteroatoms. The zero-order chi connectivity index (χ0) is 20.7. The lowest BCUT2D eigenvalue weighted by Gasteiger charge is -2.16. The third-order valence-corrected chi connectivity index (χ3v) is 5.57. The highest BCUT2D eigenvalue weighted by molar-refractivity contribution is 6.43. The van der Waals surface area contributed by atoms with E-state index in [9.17, 15) is 9.59 Å². The van der Waals surface area contributed by atoms with Crippen molar-refractivity contribution in [1.82, 2.24) is 0 Å². The molecule has 3 atom stereocenters. The van der Waals surface area contributed by atoms with Crippen LogP contribution >= 0.6 is 23.2 Å². The lowest BCUT2D eigenvalue weighted by Crippen LogP contribution is -2.22. The smallest absolute Gasteiger partial charge is 0.331 e. The van der Waals surface area contributed by atoms with Crippen molar-refractivity contribution in [2.24, 2.45) is 11.8 Å². The van der Waals surface area contributed by atoms with Gasteiger partial charge in [-0.1, -0.05) is 77.8 Å². The molecule has 0 aliphatic rings. The first kappa shape index (κ1) is 26.3. The number of hydrogen-bond acceptors (Lipinski definition) is 4. The van der Waals surface area contributed by atoms with Gasteiger partial charge in [0.2, 0.25) is 0 Å². The number of hydrogen-bond donors (Lipinski definition) is 0. The highest BCUT2D eigenvalue weighted by Gasteiger charge is 2.23. The van der Waals surface area contributed by atoms with Crippen LogP contribution in [0.3, 0.4) is 0 Å². The topological polar surface area (TPSA) is 52.6 Å². The molecule has 0 N–H and O–H groups in total. The van der Waals surface area contributed by atoms with Crippen molar-refractivity contribution in [2.45, 2.75) is 84.4 Å². The largest absolute Gasteiger partial charge is 0.464 e. The molecule has 0 saturated carbocycles. The summed E-state index contributed by atoms with van der Waals surface area (Å²) in [6.45, 7) is 9.08. The second-order valence-electron chi connectivity index (χ2n) is 6.98. The molecule has 0 amide bonds. The van der Waals surface area contributed by atoms with E-state index in [2.05, 4.69) is 27.7 Å². The Bertz CT molecular complexity index is 451. The number of halogens is 2. The molecule has 0 saturated heterocycles. The molecule has 0 aromatic heterocycles.